The molecule has 5 nitrogen and oxygen atoms in total. The fourth-order valence-corrected chi connectivity index (χ4v) is 6.15. The molecular weight excluding hydrogens is 576 g/mol. The van der Waals surface area contributed by atoms with Crippen LogP contribution in [0.4, 0.5) is 11.4 Å². The van der Waals surface area contributed by atoms with Crippen LogP contribution in [-0.4, -0.2) is 20.7 Å². The van der Waals surface area contributed by atoms with Crippen LogP contribution >= 0.6 is 58.0 Å². The van der Waals surface area contributed by atoms with Gasteiger partial charge in [-0.15, -0.1) is 23.2 Å². The van der Waals surface area contributed by atoms with Crippen LogP contribution in [0.5, 0.6) is 0 Å². The third kappa shape index (κ3) is 5.16. The van der Waals surface area contributed by atoms with Crippen molar-refractivity contribution in [2.75, 3.05) is 10.6 Å². The lowest BCUT2D eigenvalue weighted by molar-refractivity contribution is -0.117. The van der Waals surface area contributed by atoms with E-state index < -0.39 is 28.0 Å². The highest BCUT2D eigenvalue weighted by molar-refractivity contribution is 6.53. The number of hydrogen-bond donors (Lipinski definition) is 2. The molecule has 0 saturated heterocycles. The van der Waals surface area contributed by atoms with E-state index in [0.29, 0.717) is 27.0 Å². The average Bonchev–Trinajstić information content (AvgIpc) is 3.20. The van der Waals surface area contributed by atoms with Crippen LogP contribution < -0.4 is 10.6 Å². The summed E-state index contributed by atoms with van der Waals surface area (Å²) >= 11 is 31.4. The highest BCUT2D eigenvalue weighted by atomic mass is 35.5. The van der Waals surface area contributed by atoms with E-state index in [4.69, 9.17) is 58.0 Å². The topological polar surface area (TPSA) is 63.1 Å². The van der Waals surface area contributed by atoms with E-state index in [0.717, 1.165) is 17.4 Å². The number of amides is 2. The molecule has 1 fully saturated rings. The maximum atomic E-state index is 13.1. The predicted molar refractivity (Wildman–Crippen MR) is 153 cm³/mol. The molecule has 1 aliphatic rings. The maximum Gasteiger partial charge on any atom is 0.257 e. The predicted octanol–water partition coefficient (Wildman–Crippen LogP) is 8.40. The lowest BCUT2D eigenvalue weighted by Crippen LogP contribution is -2.18. The van der Waals surface area contributed by atoms with Crippen molar-refractivity contribution >= 4 is 92.1 Å². The van der Waals surface area contributed by atoms with E-state index in [9.17, 15) is 9.59 Å². The Hall–Kier alpha value is -2.41. The number of carbonyl (C=O) groups excluding carboxylic acids is 2. The standard InChI is InChI=1S/C27H20Cl5N3O2/c1-2-35-8-7-14-11-18(4-6-22(14)35)33-25(36)20-13-19(3-5-21(20)30)34-26(37)24-23(27(24,31)32)15-9-16(28)12-17(29)10-15/h3-13,23-24H,2H2,1H3,(H,33,36)(H,34,37). The summed E-state index contributed by atoms with van der Waals surface area (Å²) in [5, 5.41) is 7.77. The molecule has 0 radical (unpaired) electrons. The average molecular weight is 596 g/mol. The van der Waals surface area contributed by atoms with E-state index in [1.165, 1.54) is 6.07 Å². The molecule has 0 bridgehead atoms. The molecule has 190 valence electrons. The van der Waals surface area contributed by atoms with Gasteiger partial charge < -0.3 is 15.2 Å². The molecule has 2 amide bonds. The van der Waals surface area contributed by atoms with Gasteiger partial charge in [0, 0.05) is 51.0 Å². The number of carbonyl (C=O) groups is 2. The van der Waals surface area contributed by atoms with Crippen molar-refractivity contribution in [3.05, 3.63) is 93.1 Å². The first kappa shape index (κ1) is 26.2. The molecule has 1 saturated carbocycles. The number of aryl methyl sites for hydroxylation is 1. The van der Waals surface area contributed by atoms with Crippen LogP contribution in [0, 0.1) is 5.92 Å². The van der Waals surface area contributed by atoms with E-state index in [2.05, 4.69) is 22.1 Å². The maximum absolute atomic E-state index is 13.1. The van der Waals surface area contributed by atoms with Crippen LogP contribution in [0.1, 0.15) is 28.8 Å². The molecule has 2 atom stereocenters. The largest absolute Gasteiger partial charge is 0.348 e. The summed E-state index contributed by atoms with van der Waals surface area (Å²) in [5.41, 5.74) is 2.98. The molecule has 37 heavy (non-hydrogen) atoms. The van der Waals surface area contributed by atoms with Crippen LogP contribution in [0.25, 0.3) is 10.9 Å². The third-order valence-corrected chi connectivity index (χ3v) is 8.13. The van der Waals surface area contributed by atoms with Crippen molar-refractivity contribution in [1.29, 1.82) is 0 Å². The number of rotatable bonds is 6. The van der Waals surface area contributed by atoms with Crippen LogP contribution in [0.15, 0.2) is 66.9 Å². The minimum Gasteiger partial charge on any atom is -0.348 e. The number of aromatic nitrogens is 1. The Labute approximate surface area is 238 Å². The zero-order chi connectivity index (χ0) is 26.5. The molecule has 1 aromatic heterocycles. The molecule has 1 aliphatic carbocycles. The first-order valence-corrected chi connectivity index (χ1v) is 13.3. The molecule has 1 heterocycles. The lowest BCUT2D eigenvalue weighted by atomic mass is 10.1. The fraction of sp³-hybridized carbons (Fsp3) is 0.185. The first-order valence-electron chi connectivity index (χ1n) is 11.4. The Kier molecular flexibility index (Phi) is 7.12. The molecule has 2 unspecified atom stereocenters. The summed E-state index contributed by atoms with van der Waals surface area (Å²) in [6.07, 6.45) is 2.00. The Morgan fingerprint density at radius 1 is 0.892 bits per heavy atom. The summed E-state index contributed by atoms with van der Waals surface area (Å²) < 4.78 is 0.797. The number of hydrogen-bond acceptors (Lipinski definition) is 2. The van der Waals surface area contributed by atoms with Gasteiger partial charge in [0.1, 0.15) is 4.33 Å². The summed E-state index contributed by atoms with van der Waals surface area (Å²) in [6.45, 7) is 2.92. The van der Waals surface area contributed by atoms with Crippen molar-refractivity contribution < 1.29 is 9.59 Å². The van der Waals surface area contributed by atoms with Crippen molar-refractivity contribution in [3.63, 3.8) is 0 Å². The quantitative estimate of drug-likeness (QED) is 0.220. The number of benzene rings is 3. The summed E-state index contributed by atoms with van der Waals surface area (Å²) in [5.74, 6) is -2.02. The van der Waals surface area contributed by atoms with Gasteiger partial charge in [0.2, 0.25) is 5.91 Å². The molecule has 10 heteroatoms. The fourth-order valence-electron chi connectivity index (χ4n) is 4.57. The van der Waals surface area contributed by atoms with Crippen molar-refractivity contribution in [1.82, 2.24) is 4.57 Å². The minimum absolute atomic E-state index is 0.211. The monoisotopic (exact) mass is 593 g/mol. The number of nitrogens with one attached hydrogen (secondary N) is 2. The van der Waals surface area contributed by atoms with Gasteiger partial charge in [0.05, 0.1) is 16.5 Å². The second-order valence-electron chi connectivity index (χ2n) is 8.85. The molecule has 0 aliphatic heterocycles. The second kappa shape index (κ2) is 10.0. The zero-order valence-corrected chi connectivity index (χ0v) is 23.1. The van der Waals surface area contributed by atoms with E-state index in [-0.39, 0.29) is 10.6 Å². The highest BCUT2D eigenvalue weighted by Crippen LogP contribution is 2.65. The summed E-state index contributed by atoms with van der Waals surface area (Å²) in [7, 11) is 0. The van der Waals surface area contributed by atoms with E-state index in [1.807, 2.05) is 30.5 Å². The van der Waals surface area contributed by atoms with Gasteiger partial charge in [-0.25, -0.2) is 0 Å². The van der Waals surface area contributed by atoms with E-state index in [1.54, 1.807) is 30.3 Å². The van der Waals surface area contributed by atoms with Crippen molar-refractivity contribution in [2.45, 2.75) is 23.7 Å². The van der Waals surface area contributed by atoms with Gasteiger partial charge in [0.15, 0.2) is 0 Å². The van der Waals surface area contributed by atoms with Crippen LogP contribution in [0.3, 0.4) is 0 Å². The molecule has 5 rings (SSSR count). The van der Waals surface area contributed by atoms with Crippen molar-refractivity contribution in [2.24, 2.45) is 5.92 Å². The SMILES string of the molecule is CCn1ccc2cc(NC(=O)c3cc(NC(=O)C4C(c5cc(Cl)cc(Cl)c5)C4(Cl)Cl)ccc3Cl)ccc21. The second-order valence-corrected chi connectivity index (χ2v) is 11.6. The molecule has 0 spiro atoms. The zero-order valence-electron chi connectivity index (χ0n) is 19.4. The first-order chi connectivity index (χ1) is 17.6. The normalized spacial score (nSPS) is 18.0. The Morgan fingerprint density at radius 3 is 2.27 bits per heavy atom. The highest BCUT2D eigenvalue weighted by Gasteiger charge is 2.67. The van der Waals surface area contributed by atoms with Crippen LogP contribution in [-0.2, 0) is 11.3 Å². The summed E-state index contributed by atoms with van der Waals surface area (Å²) in [4.78, 5) is 26.1. The number of fused-ring (bicyclic) bond motifs is 1. The van der Waals surface area contributed by atoms with Gasteiger partial charge in [0.25, 0.3) is 5.91 Å². The van der Waals surface area contributed by atoms with Gasteiger partial charge in [-0.05, 0) is 73.2 Å². The number of alkyl halides is 2. The smallest absolute Gasteiger partial charge is 0.257 e. The van der Waals surface area contributed by atoms with Gasteiger partial charge >= 0.3 is 0 Å². The summed E-state index contributed by atoms with van der Waals surface area (Å²) in [6, 6.07) is 17.3. The third-order valence-electron chi connectivity index (χ3n) is 6.43. The van der Waals surface area contributed by atoms with Crippen molar-refractivity contribution in [3.8, 4) is 0 Å². The van der Waals surface area contributed by atoms with Gasteiger partial charge in [-0.3, -0.25) is 9.59 Å². The molecule has 3 aromatic carbocycles. The number of anilines is 2. The van der Waals surface area contributed by atoms with Gasteiger partial charge in [-0.1, -0.05) is 34.8 Å². The molecule has 2 N–H and O–H groups in total. The van der Waals surface area contributed by atoms with E-state index >= 15 is 0 Å². The molecular formula is C27H20Cl5N3O2. The van der Waals surface area contributed by atoms with Gasteiger partial charge in [-0.2, -0.15) is 0 Å². The number of halogens is 5. The minimum atomic E-state index is -1.32. The lowest BCUT2D eigenvalue weighted by Gasteiger charge is -2.11. The Balaban J connectivity index is 1.32. The van der Waals surface area contributed by atoms with Crippen LogP contribution in [0.2, 0.25) is 15.1 Å². The Bertz CT molecular complexity index is 1530. The number of nitrogens with zero attached hydrogens (tertiary/aromatic N) is 1. The molecule has 4 aromatic rings. The Morgan fingerprint density at radius 2 is 1.57 bits per heavy atom.